The van der Waals surface area contributed by atoms with Crippen LogP contribution in [-0.4, -0.2) is 21.7 Å². The van der Waals surface area contributed by atoms with Gasteiger partial charge in [0.2, 0.25) is 0 Å². The minimum atomic E-state index is -1.15. The number of ketones is 1. The number of carbonyl (C=O) groups is 2. The van der Waals surface area contributed by atoms with E-state index in [-0.39, 0.29) is 5.56 Å². The van der Waals surface area contributed by atoms with Gasteiger partial charge in [-0.3, -0.25) is 9.59 Å². The Bertz CT molecular complexity index is 434. The number of halogens is 3. The average Bonchev–Trinajstić information content (AvgIpc) is 2.20. The molecule has 0 aliphatic heterocycles. The number of carboxylic acids is 1. The van der Waals surface area contributed by atoms with Crippen LogP contribution in [0.25, 0.3) is 0 Å². The highest BCUT2D eigenvalue weighted by molar-refractivity contribution is 9.10. The molecule has 0 heterocycles. The van der Waals surface area contributed by atoms with E-state index in [0.717, 1.165) is 18.2 Å². The molecule has 0 radical (unpaired) electrons. The zero-order valence-electron chi connectivity index (χ0n) is 7.91. The lowest BCUT2D eigenvalue weighted by molar-refractivity contribution is -0.136. The molecule has 1 rings (SSSR count). The second-order valence-electron chi connectivity index (χ2n) is 3.06. The first-order valence-corrected chi connectivity index (χ1v) is 5.18. The van der Waals surface area contributed by atoms with E-state index in [0.29, 0.717) is 0 Å². The third kappa shape index (κ3) is 3.10. The molecule has 1 unspecified atom stereocenters. The Kier molecular flexibility index (Phi) is 4.12. The van der Waals surface area contributed by atoms with E-state index in [1.165, 1.54) is 0 Å². The van der Waals surface area contributed by atoms with Gasteiger partial charge in [0, 0.05) is 5.56 Å². The normalized spacial score (nSPS) is 12.2. The zero-order chi connectivity index (χ0) is 12.3. The van der Waals surface area contributed by atoms with Crippen LogP contribution < -0.4 is 0 Å². The summed E-state index contributed by atoms with van der Waals surface area (Å²) in [6.07, 6.45) is -0.419. The number of benzene rings is 1. The van der Waals surface area contributed by atoms with Gasteiger partial charge in [-0.25, -0.2) is 8.78 Å². The first-order chi connectivity index (χ1) is 7.41. The summed E-state index contributed by atoms with van der Waals surface area (Å²) in [6, 6.07) is 2.67. The minimum absolute atomic E-state index is 0.0676. The highest BCUT2D eigenvalue weighted by Crippen LogP contribution is 2.16. The molecule has 1 aromatic carbocycles. The van der Waals surface area contributed by atoms with Gasteiger partial charge in [0.1, 0.15) is 0 Å². The molecule has 16 heavy (non-hydrogen) atoms. The highest BCUT2D eigenvalue weighted by Gasteiger charge is 2.20. The molecule has 3 nitrogen and oxygen atoms in total. The fraction of sp³-hybridized carbons (Fsp3) is 0.200. The Balaban J connectivity index is 2.88. The van der Waals surface area contributed by atoms with Crippen LogP contribution in [0.15, 0.2) is 18.2 Å². The number of Topliss-reactive ketones (excluding diaryl/α,β-unsaturated/α-hetero) is 1. The van der Waals surface area contributed by atoms with Crippen molar-refractivity contribution < 1.29 is 23.5 Å². The van der Waals surface area contributed by atoms with Crippen LogP contribution in [0.3, 0.4) is 0 Å². The quantitative estimate of drug-likeness (QED) is 0.685. The molecule has 86 valence electrons. The van der Waals surface area contributed by atoms with E-state index in [2.05, 4.69) is 15.9 Å². The number of rotatable bonds is 4. The summed E-state index contributed by atoms with van der Waals surface area (Å²) in [5.74, 6) is -3.94. The summed E-state index contributed by atoms with van der Waals surface area (Å²) < 4.78 is 25.4. The Labute approximate surface area is 98.2 Å². The summed E-state index contributed by atoms with van der Waals surface area (Å²) in [6.45, 7) is 0. The molecule has 0 saturated heterocycles. The largest absolute Gasteiger partial charge is 0.481 e. The smallest absolute Gasteiger partial charge is 0.304 e. The van der Waals surface area contributed by atoms with Crippen molar-refractivity contribution >= 4 is 27.7 Å². The first kappa shape index (κ1) is 12.8. The van der Waals surface area contributed by atoms with Gasteiger partial charge in [-0.2, -0.15) is 0 Å². The Morgan fingerprint density at radius 1 is 1.31 bits per heavy atom. The molecule has 0 amide bonds. The lowest BCUT2D eigenvalue weighted by atomic mass is 10.1. The fourth-order valence-corrected chi connectivity index (χ4v) is 1.62. The van der Waals surface area contributed by atoms with Crippen molar-refractivity contribution in [2.24, 2.45) is 0 Å². The molecule has 0 fully saturated rings. The second-order valence-corrected chi connectivity index (χ2v) is 4.16. The number of aliphatic carboxylic acids is 1. The molecule has 6 heteroatoms. The number of alkyl halides is 1. The average molecular weight is 293 g/mol. The lowest BCUT2D eigenvalue weighted by Gasteiger charge is -2.06. The SMILES string of the molecule is O=C(O)CC(Br)C(=O)c1ccc(F)c(F)c1. The van der Waals surface area contributed by atoms with Crippen molar-refractivity contribution in [2.45, 2.75) is 11.2 Å². The molecule has 1 aromatic rings. The van der Waals surface area contributed by atoms with E-state index in [4.69, 9.17) is 5.11 Å². The van der Waals surface area contributed by atoms with Crippen LogP contribution in [0, 0.1) is 11.6 Å². The maximum absolute atomic E-state index is 12.8. The first-order valence-electron chi connectivity index (χ1n) is 4.27. The van der Waals surface area contributed by atoms with Gasteiger partial charge < -0.3 is 5.11 Å². The molecular weight excluding hydrogens is 286 g/mol. The van der Waals surface area contributed by atoms with Crippen molar-refractivity contribution in [2.75, 3.05) is 0 Å². The summed E-state index contributed by atoms with van der Waals surface area (Å²) in [5.41, 5.74) is -0.0676. The van der Waals surface area contributed by atoms with Gasteiger partial charge in [-0.1, -0.05) is 15.9 Å². The molecular formula is C10H7BrF2O3. The molecule has 1 N–H and O–H groups in total. The number of carboxylic acid groups (broad SMARTS) is 1. The predicted octanol–water partition coefficient (Wildman–Crippen LogP) is 2.39. The zero-order valence-corrected chi connectivity index (χ0v) is 9.50. The molecule has 0 spiro atoms. The molecule has 0 saturated carbocycles. The maximum Gasteiger partial charge on any atom is 0.304 e. The van der Waals surface area contributed by atoms with Crippen LogP contribution >= 0.6 is 15.9 Å². The third-order valence-corrected chi connectivity index (χ3v) is 2.58. The monoisotopic (exact) mass is 292 g/mol. The van der Waals surface area contributed by atoms with Crippen molar-refractivity contribution in [3.8, 4) is 0 Å². The molecule has 0 bridgehead atoms. The van der Waals surface area contributed by atoms with Crippen molar-refractivity contribution in [3.05, 3.63) is 35.4 Å². The summed E-state index contributed by atoms with van der Waals surface area (Å²) in [5, 5.41) is 8.46. The van der Waals surface area contributed by atoms with Crippen molar-refractivity contribution in [3.63, 3.8) is 0 Å². The minimum Gasteiger partial charge on any atom is -0.481 e. The van der Waals surface area contributed by atoms with E-state index in [1.807, 2.05) is 0 Å². The summed E-state index contributed by atoms with van der Waals surface area (Å²) in [7, 11) is 0. The third-order valence-electron chi connectivity index (χ3n) is 1.84. The molecule has 0 aromatic heterocycles. The van der Waals surface area contributed by atoms with Gasteiger partial charge >= 0.3 is 5.97 Å². The van der Waals surface area contributed by atoms with E-state index >= 15 is 0 Å². The Hall–Kier alpha value is -1.30. The van der Waals surface area contributed by atoms with Gasteiger partial charge in [-0.05, 0) is 18.2 Å². The Morgan fingerprint density at radius 3 is 2.44 bits per heavy atom. The molecule has 1 atom stereocenters. The Morgan fingerprint density at radius 2 is 1.94 bits per heavy atom. The highest BCUT2D eigenvalue weighted by atomic mass is 79.9. The van der Waals surface area contributed by atoms with Crippen molar-refractivity contribution in [1.82, 2.24) is 0 Å². The molecule has 0 aliphatic carbocycles. The fourth-order valence-electron chi connectivity index (χ4n) is 1.08. The number of carbonyl (C=O) groups excluding carboxylic acids is 1. The van der Waals surface area contributed by atoms with E-state index in [1.54, 1.807) is 0 Å². The van der Waals surface area contributed by atoms with E-state index in [9.17, 15) is 18.4 Å². The predicted molar refractivity (Wildman–Crippen MR) is 55.7 cm³/mol. The van der Waals surface area contributed by atoms with Gasteiger partial charge in [-0.15, -0.1) is 0 Å². The molecule has 0 aliphatic rings. The van der Waals surface area contributed by atoms with Crippen LogP contribution in [0.2, 0.25) is 0 Å². The summed E-state index contributed by atoms with van der Waals surface area (Å²) in [4.78, 5) is 20.9. The van der Waals surface area contributed by atoms with Crippen LogP contribution in [0.4, 0.5) is 8.78 Å². The van der Waals surface area contributed by atoms with E-state index < -0.39 is 34.6 Å². The maximum atomic E-state index is 12.8. The number of hydrogen-bond acceptors (Lipinski definition) is 2. The van der Waals surface area contributed by atoms with Crippen LogP contribution in [0.5, 0.6) is 0 Å². The van der Waals surface area contributed by atoms with Crippen LogP contribution in [-0.2, 0) is 4.79 Å². The van der Waals surface area contributed by atoms with Gasteiger partial charge in [0.05, 0.1) is 11.2 Å². The number of hydrogen-bond donors (Lipinski definition) is 1. The van der Waals surface area contributed by atoms with Gasteiger partial charge in [0.25, 0.3) is 0 Å². The second kappa shape index (κ2) is 5.16. The van der Waals surface area contributed by atoms with Crippen LogP contribution in [0.1, 0.15) is 16.8 Å². The standard InChI is InChI=1S/C10H7BrF2O3/c11-6(4-9(14)15)10(16)5-1-2-7(12)8(13)3-5/h1-3,6H,4H2,(H,14,15). The lowest BCUT2D eigenvalue weighted by Crippen LogP contribution is -2.18. The summed E-state index contributed by atoms with van der Waals surface area (Å²) >= 11 is 2.88. The topological polar surface area (TPSA) is 54.4 Å². The van der Waals surface area contributed by atoms with Crippen molar-refractivity contribution in [1.29, 1.82) is 0 Å². The van der Waals surface area contributed by atoms with Gasteiger partial charge in [0.15, 0.2) is 17.4 Å².